The minimum Gasteiger partial charge on any atom is -0.507 e. The van der Waals surface area contributed by atoms with Gasteiger partial charge in [-0.15, -0.1) is 0 Å². The summed E-state index contributed by atoms with van der Waals surface area (Å²) in [4.78, 5) is 10.5. The fraction of sp³-hybridized carbons (Fsp3) is 0.333. The Labute approximate surface area is 181 Å². The van der Waals surface area contributed by atoms with Crippen LogP contribution in [0.4, 0.5) is 0 Å². The predicted octanol–water partition coefficient (Wildman–Crippen LogP) is 3.64. The van der Waals surface area contributed by atoms with Gasteiger partial charge in [0.05, 0.1) is 5.52 Å². The average Bonchev–Trinajstić information content (AvgIpc) is 3.33. The van der Waals surface area contributed by atoms with Crippen LogP contribution in [0.5, 0.6) is 17.2 Å². The molecule has 4 aromatic rings. The smallest absolute Gasteiger partial charge is 0.147 e. The topological polar surface area (TPSA) is 98.8 Å². The molecular weight excluding hydrogens is 392 g/mol. The molecule has 0 amide bonds. The predicted molar refractivity (Wildman–Crippen MR) is 125 cm³/mol. The zero-order valence-electron chi connectivity index (χ0n) is 18.5. The number of phenolic OH excluding ortho intramolecular Hbond substituents is 3. The number of aromatic nitrogens is 2. The molecule has 7 nitrogen and oxygen atoms in total. The van der Waals surface area contributed by atoms with E-state index in [1.165, 1.54) is 6.07 Å². The van der Waals surface area contributed by atoms with Crippen molar-refractivity contribution in [2.45, 2.75) is 12.8 Å². The fourth-order valence-corrected chi connectivity index (χ4v) is 4.13. The van der Waals surface area contributed by atoms with Crippen LogP contribution in [0.3, 0.4) is 0 Å². The van der Waals surface area contributed by atoms with Crippen molar-refractivity contribution in [3.05, 3.63) is 41.7 Å². The largest absolute Gasteiger partial charge is 0.507 e. The third-order valence-corrected chi connectivity index (χ3v) is 5.84. The van der Waals surface area contributed by atoms with Gasteiger partial charge in [-0.2, -0.15) is 0 Å². The van der Waals surface area contributed by atoms with E-state index in [0.717, 1.165) is 48.0 Å². The Morgan fingerprint density at radius 3 is 2.00 bits per heavy atom. The summed E-state index contributed by atoms with van der Waals surface area (Å²) in [6.07, 6.45) is 5.27. The number of nitrogens with zero attached hydrogens (tertiary/aromatic N) is 2. The Morgan fingerprint density at radius 2 is 1.35 bits per heavy atom. The third kappa shape index (κ3) is 3.82. The molecule has 0 saturated carbocycles. The first-order chi connectivity index (χ1) is 14.8. The number of rotatable bonds is 7. The van der Waals surface area contributed by atoms with Gasteiger partial charge in [0.2, 0.25) is 0 Å². The van der Waals surface area contributed by atoms with Gasteiger partial charge in [0, 0.05) is 52.9 Å². The Balaban J connectivity index is 1.82. The van der Waals surface area contributed by atoms with Crippen LogP contribution >= 0.6 is 0 Å². The average molecular weight is 423 g/mol. The number of nitrogens with one attached hydrogen (secondary N) is 2. The van der Waals surface area contributed by atoms with Crippen molar-refractivity contribution in [1.29, 1.82) is 0 Å². The molecule has 0 radical (unpaired) electrons. The molecule has 4 rings (SSSR count). The van der Waals surface area contributed by atoms with Crippen LogP contribution in [-0.4, -0.2) is 76.4 Å². The summed E-state index contributed by atoms with van der Waals surface area (Å²) in [6, 6.07) is 5.19. The molecule has 2 heterocycles. The first-order valence-electron chi connectivity index (χ1n) is 10.4. The number of hydrogen-bond acceptors (Lipinski definition) is 5. The van der Waals surface area contributed by atoms with Crippen LogP contribution in [0.1, 0.15) is 11.1 Å². The lowest BCUT2D eigenvalue weighted by Crippen LogP contribution is -2.14. The van der Waals surface area contributed by atoms with Crippen molar-refractivity contribution in [2.24, 2.45) is 0 Å². The molecule has 0 bridgehead atoms. The Kier molecular flexibility index (Phi) is 5.56. The molecule has 0 atom stereocenters. The van der Waals surface area contributed by atoms with Crippen LogP contribution in [0, 0.1) is 0 Å². The van der Waals surface area contributed by atoms with Gasteiger partial charge >= 0.3 is 0 Å². The molecule has 5 N–H and O–H groups in total. The standard InChI is InChI=1S/C24H30N4O3/c1-27(2)9-7-14-12-25-18-6-5-16(23(30)20(14)18)17-11-19(29)21-15(8-10-28(3)4)13-26-22(21)24(17)31/h5-6,11-13,25-26,29-31H,7-10H2,1-4H3. The molecule has 2 aromatic heterocycles. The van der Waals surface area contributed by atoms with Crippen LogP contribution in [0.15, 0.2) is 30.6 Å². The number of phenols is 3. The maximum atomic E-state index is 11.1. The monoisotopic (exact) mass is 422 g/mol. The van der Waals surface area contributed by atoms with E-state index in [1.807, 2.05) is 46.7 Å². The third-order valence-electron chi connectivity index (χ3n) is 5.84. The van der Waals surface area contributed by atoms with Gasteiger partial charge in [-0.05, 0) is 70.4 Å². The van der Waals surface area contributed by atoms with Gasteiger partial charge in [0.15, 0.2) is 0 Å². The lowest BCUT2D eigenvalue weighted by atomic mass is 9.97. The van der Waals surface area contributed by atoms with E-state index in [2.05, 4.69) is 19.8 Å². The normalized spacial score (nSPS) is 12.1. The molecule has 0 aliphatic carbocycles. The first kappa shape index (κ1) is 21.1. The van der Waals surface area contributed by atoms with Crippen molar-refractivity contribution in [2.75, 3.05) is 41.3 Å². The Bertz CT molecular complexity index is 1240. The number of hydrogen-bond donors (Lipinski definition) is 5. The minimum atomic E-state index is 0.0175. The van der Waals surface area contributed by atoms with E-state index in [-0.39, 0.29) is 17.2 Å². The van der Waals surface area contributed by atoms with Crippen molar-refractivity contribution in [1.82, 2.24) is 19.8 Å². The number of H-pyrrole nitrogens is 2. The maximum absolute atomic E-state index is 11.1. The van der Waals surface area contributed by atoms with Gasteiger partial charge in [0.25, 0.3) is 0 Å². The highest BCUT2D eigenvalue weighted by molar-refractivity contribution is 6.02. The van der Waals surface area contributed by atoms with Crippen molar-refractivity contribution in [3.8, 4) is 28.4 Å². The summed E-state index contributed by atoms with van der Waals surface area (Å²) >= 11 is 0. The molecule has 7 heteroatoms. The first-order valence-corrected chi connectivity index (χ1v) is 10.4. The van der Waals surface area contributed by atoms with E-state index >= 15 is 0 Å². The van der Waals surface area contributed by atoms with E-state index in [4.69, 9.17) is 0 Å². The quantitative estimate of drug-likeness (QED) is 0.293. The molecule has 0 unspecified atom stereocenters. The molecule has 2 aromatic carbocycles. The second-order valence-electron chi connectivity index (χ2n) is 8.66. The number of benzene rings is 2. The highest BCUT2D eigenvalue weighted by Gasteiger charge is 2.21. The van der Waals surface area contributed by atoms with Crippen molar-refractivity contribution >= 4 is 21.8 Å². The number of likely N-dealkylation sites (N-methyl/N-ethyl adjacent to an activating group) is 2. The van der Waals surface area contributed by atoms with Crippen LogP contribution in [-0.2, 0) is 12.8 Å². The van der Waals surface area contributed by atoms with Crippen LogP contribution in [0.25, 0.3) is 32.9 Å². The summed E-state index contributed by atoms with van der Waals surface area (Å²) in [5.74, 6) is 0.198. The van der Waals surface area contributed by atoms with E-state index < -0.39 is 0 Å². The van der Waals surface area contributed by atoms with Crippen LogP contribution in [0.2, 0.25) is 0 Å². The van der Waals surface area contributed by atoms with Gasteiger partial charge in [-0.1, -0.05) is 0 Å². The Hall–Kier alpha value is -3.16. The van der Waals surface area contributed by atoms with Crippen molar-refractivity contribution in [3.63, 3.8) is 0 Å². The fourth-order valence-electron chi connectivity index (χ4n) is 4.13. The summed E-state index contributed by atoms with van der Waals surface area (Å²) in [5.41, 5.74) is 4.15. The summed E-state index contributed by atoms with van der Waals surface area (Å²) < 4.78 is 0. The molecular formula is C24H30N4O3. The van der Waals surface area contributed by atoms with Gasteiger partial charge in [-0.3, -0.25) is 0 Å². The van der Waals surface area contributed by atoms with Gasteiger partial charge in [0.1, 0.15) is 17.2 Å². The van der Waals surface area contributed by atoms with Gasteiger partial charge in [-0.25, -0.2) is 0 Å². The summed E-state index contributed by atoms with van der Waals surface area (Å²) in [6.45, 7) is 1.68. The maximum Gasteiger partial charge on any atom is 0.147 e. The van der Waals surface area contributed by atoms with E-state index in [9.17, 15) is 15.3 Å². The number of aromatic hydroxyl groups is 3. The number of fused-ring (bicyclic) bond motifs is 2. The molecule has 164 valence electrons. The lowest BCUT2D eigenvalue weighted by Gasteiger charge is -2.13. The molecule has 0 spiro atoms. The minimum absolute atomic E-state index is 0.0175. The molecule has 0 fully saturated rings. The summed E-state index contributed by atoms with van der Waals surface area (Å²) in [5, 5.41) is 34.3. The van der Waals surface area contributed by atoms with Gasteiger partial charge < -0.3 is 35.1 Å². The lowest BCUT2D eigenvalue weighted by molar-refractivity contribution is 0.414. The zero-order chi connectivity index (χ0) is 22.3. The molecule has 0 aliphatic heterocycles. The van der Waals surface area contributed by atoms with Crippen molar-refractivity contribution < 1.29 is 15.3 Å². The second-order valence-corrected chi connectivity index (χ2v) is 8.66. The number of aromatic amines is 2. The molecule has 31 heavy (non-hydrogen) atoms. The molecule has 0 aliphatic rings. The Morgan fingerprint density at radius 1 is 0.742 bits per heavy atom. The summed E-state index contributed by atoms with van der Waals surface area (Å²) in [7, 11) is 8.02. The SMILES string of the molecule is CN(C)CCc1c[nH]c2ccc(-c3cc(O)c4c(CCN(C)C)c[nH]c4c3O)c(O)c12. The van der Waals surface area contributed by atoms with Crippen LogP contribution < -0.4 is 0 Å². The van der Waals surface area contributed by atoms with E-state index in [0.29, 0.717) is 22.0 Å². The highest BCUT2D eigenvalue weighted by atomic mass is 16.3. The highest BCUT2D eigenvalue weighted by Crippen LogP contribution is 2.46. The second kappa shape index (κ2) is 8.17. The molecule has 0 saturated heterocycles. The zero-order valence-corrected chi connectivity index (χ0v) is 18.5. The van der Waals surface area contributed by atoms with E-state index in [1.54, 1.807) is 6.07 Å².